The van der Waals surface area contributed by atoms with Crippen LogP contribution in [0.2, 0.25) is 0 Å². The monoisotopic (exact) mass is 213 g/mol. The molecule has 0 saturated heterocycles. The first-order valence-electron chi connectivity index (χ1n) is 4.24. The number of rotatable bonds is 4. The van der Waals surface area contributed by atoms with Crippen LogP contribution in [-0.4, -0.2) is 26.2 Å². The van der Waals surface area contributed by atoms with Crippen molar-refractivity contribution in [2.45, 2.75) is 20.3 Å². The lowest BCUT2D eigenvalue weighted by Crippen LogP contribution is -2.26. The highest BCUT2D eigenvalue weighted by molar-refractivity contribution is 5.74. The van der Waals surface area contributed by atoms with Gasteiger partial charge >= 0.3 is 11.8 Å². The SMILES string of the molecule is CC(C)(Cc1cn[nH]c1[N+](=O)[O-])C(=O)O. The molecular weight excluding hydrogens is 202 g/mol. The third-order valence-corrected chi connectivity index (χ3v) is 2.09. The van der Waals surface area contributed by atoms with Gasteiger partial charge in [0.15, 0.2) is 0 Å². The van der Waals surface area contributed by atoms with E-state index in [0.717, 1.165) is 0 Å². The molecule has 7 nitrogen and oxygen atoms in total. The van der Waals surface area contributed by atoms with Gasteiger partial charge in [-0.3, -0.25) is 4.79 Å². The molecule has 0 saturated carbocycles. The normalized spacial score (nSPS) is 11.3. The molecule has 0 aliphatic heterocycles. The molecule has 2 N–H and O–H groups in total. The van der Waals surface area contributed by atoms with Crippen LogP contribution < -0.4 is 0 Å². The van der Waals surface area contributed by atoms with Crippen LogP contribution in [-0.2, 0) is 11.2 Å². The van der Waals surface area contributed by atoms with Crippen LogP contribution in [0.25, 0.3) is 0 Å². The van der Waals surface area contributed by atoms with Crippen molar-refractivity contribution in [3.63, 3.8) is 0 Å². The molecule has 0 amide bonds. The summed E-state index contributed by atoms with van der Waals surface area (Å²) in [6.07, 6.45) is 1.35. The number of carbonyl (C=O) groups is 1. The average molecular weight is 213 g/mol. The first-order chi connectivity index (χ1) is 6.84. The Balaban J connectivity index is 2.95. The number of aliphatic carboxylic acids is 1. The van der Waals surface area contributed by atoms with Crippen molar-refractivity contribution in [3.8, 4) is 0 Å². The molecule has 0 atom stereocenters. The van der Waals surface area contributed by atoms with Crippen LogP contribution in [0.1, 0.15) is 19.4 Å². The third kappa shape index (κ3) is 2.30. The van der Waals surface area contributed by atoms with Crippen LogP contribution >= 0.6 is 0 Å². The van der Waals surface area contributed by atoms with Crippen LogP contribution in [0.5, 0.6) is 0 Å². The number of nitro groups is 1. The zero-order valence-electron chi connectivity index (χ0n) is 8.35. The minimum absolute atomic E-state index is 0.0646. The smallest absolute Gasteiger partial charge is 0.345 e. The molecule has 1 rings (SSSR count). The molecule has 0 aliphatic rings. The van der Waals surface area contributed by atoms with Gasteiger partial charge in [0.05, 0.1) is 17.2 Å². The van der Waals surface area contributed by atoms with Gasteiger partial charge in [-0.05, 0) is 25.2 Å². The molecule has 7 heteroatoms. The van der Waals surface area contributed by atoms with Crippen LogP contribution in [0.4, 0.5) is 5.82 Å². The fourth-order valence-corrected chi connectivity index (χ4v) is 1.14. The van der Waals surface area contributed by atoms with Crippen molar-refractivity contribution in [2.75, 3.05) is 0 Å². The molecule has 0 aliphatic carbocycles. The van der Waals surface area contributed by atoms with E-state index in [1.165, 1.54) is 20.0 Å². The maximum atomic E-state index is 10.8. The number of nitrogens with one attached hydrogen (secondary N) is 1. The maximum absolute atomic E-state index is 10.8. The number of carboxylic acids is 1. The Morgan fingerprint density at radius 1 is 1.73 bits per heavy atom. The summed E-state index contributed by atoms with van der Waals surface area (Å²) in [5, 5.41) is 25.1. The first-order valence-corrected chi connectivity index (χ1v) is 4.24. The Hall–Kier alpha value is -1.92. The summed E-state index contributed by atoms with van der Waals surface area (Å²) in [6, 6.07) is 0. The molecule has 1 aromatic rings. The standard InChI is InChI=1S/C8H11N3O4/c1-8(2,7(12)13)3-5-4-9-10-6(5)11(14)15/h4H,3H2,1-2H3,(H,9,10)(H,12,13). The average Bonchev–Trinajstić information content (AvgIpc) is 2.51. The maximum Gasteiger partial charge on any atom is 0.345 e. The van der Waals surface area contributed by atoms with E-state index in [-0.39, 0.29) is 12.2 Å². The minimum Gasteiger partial charge on any atom is -0.481 e. The van der Waals surface area contributed by atoms with Gasteiger partial charge in [0.1, 0.15) is 0 Å². The Bertz CT molecular complexity index is 396. The molecule has 0 aromatic carbocycles. The third-order valence-electron chi connectivity index (χ3n) is 2.09. The summed E-state index contributed by atoms with van der Waals surface area (Å²) in [6.45, 7) is 3.01. The van der Waals surface area contributed by atoms with Gasteiger partial charge < -0.3 is 15.2 Å². The van der Waals surface area contributed by atoms with Crippen molar-refractivity contribution in [1.82, 2.24) is 10.2 Å². The summed E-state index contributed by atoms with van der Waals surface area (Å²) in [7, 11) is 0. The zero-order chi connectivity index (χ0) is 11.6. The molecule has 0 radical (unpaired) electrons. The van der Waals surface area contributed by atoms with Gasteiger partial charge in [0.25, 0.3) is 0 Å². The van der Waals surface area contributed by atoms with E-state index in [9.17, 15) is 14.9 Å². The molecule has 0 spiro atoms. The predicted octanol–water partition coefficient (Wildman–Crippen LogP) is 0.971. The molecular formula is C8H11N3O4. The number of aromatic nitrogens is 2. The molecule has 1 aromatic heterocycles. The second-order valence-electron chi connectivity index (χ2n) is 3.87. The number of H-pyrrole nitrogens is 1. The van der Waals surface area contributed by atoms with Crippen LogP contribution in [0.15, 0.2) is 6.20 Å². The fraction of sp³-hybridized carbons (Fsp3) is 0.500. The van der Waals surface area contributed by atoms with Crippen molar-refractivity contribution in [3.05, 3.63) is 21.9 Å². The second kappa shape index (κ2) is 3.68. The Labute approximate surface area is 85.3 Å². The van der Waals surface area contributed by atoms with E-state index >= 15 is 0 Å². The molecule has 0 fully saturated rings. The van der Waals surface area contributed by atoms with Gasteiger partial charge in [-0.15, -0.1) is 5.10 Å². The summed E-state index contributed by atoms with van der Waals surface area (Å²) in [5.74, 6) is -1.25. The summed E-state index contributed by atoms with van der Waals surface area (Å²) in [4.78, 5) is 20.7. The molecule has 0 unspecified atom stereocenters. The topological polar surface area (TPSA) is 109 Å². The summed E-state index contributed by atoms with van der Waals surface area (Å²) >= 11 is 0. The summed E-state index contributed by atoms with van der Waals surface area (Å²) < 4.78 is 0. The van der Waals surface area contributed by atoms with E-state index in [1.807, 2.05) is 0 Å². The summed E-state index contributed by atoms with van der Waals surface area (Å²) in [5.41, 5.74) is -0.748. The van der Waals surface area contributed by atoms with Crippen molar-refractivity contribution in [1.29, 1.82) is 0 Å². The van der Waals surface area contributed by atoms with Crippen molar-refractivity contribution < 1.29 is 14.8 Å². The molecule has 0 bridgehead atoms. The minimum atomic E-state index is -1.05. The van der Waals surface area contributed by atoms with Gasteiger partial charge in [-0.1, -0.05) is 5.10 Å². The van der Waals surface area contributed by atoms with Crippen molar-refractivity contribution in [2.24, 2.45) is 5.41 Å². The molecule has 1 heterocycles. The lowest BCUT2D eigenvalue weighted by atomic mass is 9.87. The van der Waals surface area contributed by atoms with E-state index in [2.05, 4.69) is 10.2 Å². The quantitative estimate of drug-likeness (QED) is 0.572. The highest BCUT2D eigenvalue weighted by Gasteiger charge is 2.31. The van der Waals surface area contributed by atoms with Gasteiger partial charge in [-0.2, -0.15) is 0 Å². The van der Waals surface area contributed by atoms with Crippen LogP contribution in [0.3, 0.4) is 0 Å². The van der Waals surface area contributed by atoms with E-state index < -0.39 is 16.3 Å². The predicted molar refractivity (Wildman–Crippen MR) is 50.4 cm³/mol. The van der Waals surface area contributed by atoms with E-state index in [4.69, 9.17) is 5.11 Å². The lowest BCUT2D eigenvalue weighted by Gasteiger charge is -2.17. The van der Waals surface area contributed by atoms with Crippen molar-refractivity contribution >= 4 is 11.8 Å². The van der Waals surface area contributed by atoms with Gasteiger partial charge in [0.2, 0.25) is 0 Å². The lowest BCUT2D eigenvalue weighted by molar-refractivity contribution is -0.390. The number of carboxylic acid groups (broad SMARTS) is 1. The fourth-order valence-electron chi connectivity index (χ4n) is 1.14. The van der Waals surface area contributed by atoms with E-state index in [0.29, 0.717) is 5.56 Å². The van der Waals surface area contributed by atoms with Gasteiger partial charge in [0, 0.05) is 0 Å². The Kier molecular flexibility index (Phi) is 2.74. The Morgan fingerprint density at radius 2 is 2.33 bits per heavy atom. The van der Waals surface area contributed by atoms with Crippen LogP contribution in [0, 0.1) is 15.5 Å². The first kappa shape index (κ1) is 11.2. The molecule has 82 valence electrons. The highest BCUT2D eigenvalue weighted by Crippen LogP contribution is 2.26. The Morgan fingerprint density at radius 3 is 2.80 bits per heavy atom. The largest absolute Gasteiger partial charge is 0.481 e. The highest BCUT2D eigenvalue weighted by atomic mass is 16.6. The second-order valence-corrected chi connectivity index (χ2v) is 3.87. The number of hydrogen-bond donors (Lipinski definition) is 2. The molecule has 15 heavy (non-hydrogen) atoms. The number of hydrogen-bond acceptors (Lipinski definition) is 4. The van der Waals surface area contributed by atoms with Gasteiger partial charge in [-0.25, -0.2) is 0 Å². The van der Waals surface area contributed by atoms with E-state index in [1.54, 1.807) is 0 Å². The number of nitrogens with zero attached hydrogens (tertiary/aromatic N) is 2. The zero-order valence-corrected chi connectivity index (χ0v) is 8.35. The number of aromatic amines is 1.